The van der Waals surface area contributed by atoms with Crippen molar-refractivity contribution >= 4 is 5.97 Å². The minimum Gasteiger partial charge on any atom is -0.459 e. The van der Waals surface area contributed by atoms with E-state index in [4.69, 9.17) is 10.5 Å². The topological polar surface area (TPSA) is 55.6 Å². The molecule has 4 heteroatoms. The maximum absolute atomic E-state index is 11.8. The molecule has 0 saturated carbocycles. The average Bonchev–Trinajstić information content (AvgIpc) is 2.17. The quantitative estimate of drug-likeness (QED) is 0.760. The molecular weight excluding hydrogens is 216 g/mol. The highest BCUT2D eigenvalue weighted by Gasteiger charge is 2.28. The molecule has 17 heavy (non-hydrogen) atoms. The Morgan fingerprint density at radius 2 is 2.12 bits per heavy atom. The van der Waals surface area contributed by atoms with Gasteiger partial charge in [0.1, 0.15) is 5.60 Å². The van der Waals surface area contributed by atoms with Crippen LogP contribution in [-0.4, -0.2) is 42.1 Å². The number of esters is 1. The second-order valence-corrected chi connectivity index (χ2v) is 6.08. The SMILES string of the molecule is CC1CCN(CC(=O)OC(C)(C)C)C(CN)C1. The number of hydrogen-bond donors (Lipinski definition) is 1. The second kappa shape index (κ2) is 5.83. The lowest BCUT2D eigenvalue weighted by atomic mass is 9.92. The minimum absolute atomic E-state index is 0.148. The molecule has 2 N–H and O–H groups in total. The van der Waals surface area contributed by atoms with E-state index < -0.39 is 5.60 Å². The van der Waals surface area contributed by atoms with Gasteiger partial charge in [0.15, 0.2) is 0 Å². The van der Waals surface area contributed by atoms with E-state index in [1.807, 2.05) is 20.8 Å². The minimum atomic E-state index is -0.404. The highest BCUT2D eigenvalue weighted by molar-refractivity contribution is 5.72. The van der Waals surface area contributed by atoms with Gasteiger partial charge in [-0.25, -0.2) is 0 Å². The van der Waals surface area contributed by atoms with Gasteiger partial charge in [-0.3, -0.25) is 9.69 Å². The summed E-state index contributed by atoms with van der Waals surface area (Å²) in [6, 6.07) is 0.325. The Balaban J connectivity index is 2.47. The third-order valence-corrected chi connectivity index (χ3v) is 3.12. The molecule has 1 aliphatic heterocycles. The van der Waals surface area contributed by atoms with Crippen LogP contribution in [0.15, 0.2) is 0 Å². The molecule has 4 nitrogen and oxygen atoms in total. The van der Waals surface area contributed by atoms with Crippen LogP contribution in [0.5, 0.6) is 0 Å². The maximum Gasteiger partial charge on any atom is 0.320 e. The van der Waals surface area contributed by atoms with Crippen LogP contribution >= 0.6 is 0 Å². The van der Waals surface area contributed by atoms with Crippen LogP contribution in [0.25, 0.3) is 0 Å². The fourth-order valence-electron chi connectivity index (χ4n) is 2.29. The van der Waals surface area contributed by atoms with Crippen LogP contribution in [0, 0.1) is 5.92 Å². The van der Waals surface area contributed by atoms with Crippen LogP contribution in [-0.2, 0) is 9.53 Å². The largest absolute Gasteiger partial charge is 0.459 e. The lowest BCUT2D eigenvalue weighted by Gasteiger charge is -2.37. The molecule has 2 unspecified atom stereocenters. The zero-order valence-electron chi connectivity index (χ0n) is 11.5. The van der Waals surface area contributed by atoms with Gasteiger partial charge in [0, 0.05) is 12.6 Å². The number of carbonyl (C=O) groups excluding carboxylic acids is 1. The van der Waals surface area contributed by atoms with E-state index in [1.165, 1.54) is 0 Å². The van der Waals surface area contributed by atoms with Crippen LogP contribution < -0.4 is 5.73 Å². The molecule has 0 bridgehead atoms. The summed E-state index contributed by atoms with van der Waals surface area (Å²) >= 11 is 0. The van der Waals surface area contributed by atoms with E-state index in [2.05, 4.69) is 11.8 Å². The molecular formula is C13H26N2O2. The fourth-order valence-corrected chi connectivity index (χ4v) is 2.29. The average molecular weight is 242 g/mol. The Bertz CT molecular complexity index is 261. The van der Waals surface area contributed by atoms with Crippen molar-refractivity contribution < 1.29 is 9.53 Å². The molecule has 0 aromatic heterocycles. The van der Waals surface area contributed by atoms with E-state index in [9.17, 15) is 4.79 Å². The summed E-state index contributed by atoms with van der Waals surface area (Å²) in [4.78, 5) is 13.9. The van der Waals surface area contributed by atoms with Crippen molar-refractivity contribution in [3.63, 3.8) is 0 Å². The predicted molar refractivity (Wildman–Crippen MR) is 68.7 cm³/mol. The Kier molecular flexibility index (Phi) is 4.95. The van der Waals surface area contributed by atoms with E-state index in [0.717, 1.165) is 19.4 Å². The van der Waals surface area contributed by atoms with E-state index in [-0.39, 0.29) is 5.97 Å². The summed E-state index contributed by atoms with van der Waals surface area (Å²) in [5, 5.41) is 0. The molecule has 0 aliphatic carbocycles. The van der Waals surface area contributed by atoms with Gasteiger partial charge in [-0.2, -0.15) is 0 Å². The zero-order valence-corrected chi connectivity index (χ0v) is 11.5. The van der Waals surface area contributed by atoms with Crippen molar-refractivity contribution in [2.75, 3.05) is 19.6 Å². The predicted octanol–water partition coefficient (Wildman–Crippen LogP) is 1.39. The fraction of sp³-hybridized carbons (Fsp3) is 0.923. The molecule has 2 atom stereocenters. The molecule has 1 aliphatic rings. The van der Waals surface area contributed by atoms with Gasteiger partial charge in [0.2, 0.25) is 0 Å². The standard InChI is InChI=1S/C13H26N2O2/c1-10-5-6-15(11(7-10)8-14)9-12(16)17-13(2,3)4/h10-11H,5-9,14H2,1-4H3. The highest BCUT2D eigenvalue weighted by Crippen LogP contribution is 2.21. The monoisotopic (exact) mass is 242 g/mol. The van der Waals surface area contributed by atoms with Crippen LogP contribution in [0.1, 0.15) is 40.5 Å². The molecule has 1 fully saturated rings. The number of nitrogens with two attached hydrogens (primary N) is 1. The van der Waals surface area contributed by atoms with Crippen molar-refractivity contribution in [1.82, 2.24) is 4.90 Å². The Labute approximate surface area is 104 Å². The second-order valence-electron chi connectivity index (χ2n) is 6.08. The van der Waals surface area contributed by atoms with E-state index in [1.54, 1.807) is 0 Å². The first-order valence-electron chi connectivity index (χ1n) is 6.48. The molecule has 0 spiro atoms. The number of carbonyl (C=O) groups is 1. The maximum atomic E-state index is 11.8. The molecule has 0 aromatic carbocycles. The lowest BCUT2D eigenvalue weighted by molar-refractivity contribution is -0.157. The Hall–Kier alpha value is -0.610. The summed E-state index contributed by atoms with van der Waals surface area (Å²) in [5.41, 5.74) is 5.36. The van der Waals surface area contributed by atoms with Crippen molar-refractivity contribution in [2.24, 2.45) is 11.7 Å². The van der Waals surface area contributed by atoms with Crippen molar-refractivity contribution in [1.29, 1.82) is 0 Å². The normalized spacial score (nSPS) is 26.9. The molecule has 0 amide bonds. The van der Waals surface area contributed by atoms with Crippen molar-refractivity contribution in [3.05, 3.63) is 0 Å². The van der Waals surface area contributed by atoms with Crippen molar-refractivity contribution in [2.45, 2.75) is 52.2 Å². The smallest absolute Gasteiger partial charge is 0.320 e. The third-order valence-electron chi connectivity index (χ3n) is 3.12. The lowest BCUT2D eigenvalue weighted by Crippen LogP contribution is -2.49. The summed E-state index contributed by atoms with van der Waals surface area (Å²) < 4.78 is 5.34. The molecule has 1 saturated heterocycles. The number of nitrogens with zero attached hydrogens (tertiary/aromatic N) is 1. The molecule has 0 radical (unpaired) electrons. The van der Waals surface area contributed by atoms with Crippen LogP contribution in [0.4, 0.5) is 0 Å². The first kappa shape index (κ1) is 14.5. The summed E-state index contributed by atoms with van der Waals surface area (Å²) in [6.07, 6.45) is 2.22. The van der Waals surface area contributed by atoms with E-state index >= 15 is 0 Å². The van der Waals surface area contributed by atoms with E-state index in [0.29, 0.717) is 25.0 Å². The van der Waals surface area contributed by atoms with Gasteiger partial charge >= 0.3 is 5.97 Å². The third kappa shape index (κ3) is 5.04. The zero-order chi connectivity index (χ0) is 13.1. The highest BCUT2D eigenvalue weighted by atomic mass is 16.6. The van der Waals surface area contributed by atoms with Gasteiger partial charge in [0.25, 0.3) is 0 Å². The summed E-state index contributed by atoms with van der Waals surface area (Å²) in [6.45, 7) is 9.85. The summed E-state index contributed by atoms with van der Waals surface area (Å²) in [7, 11) is 0. The van der Waals surface area contributed by atoms with Gasteiger partial charge in [0.05, 0.1) is 6.54 Å². The Morgan fingerprint density at radius 1 is 1.47 bits per heavy atom. The molecule has 1 heterocycles. The molecule has 0 aromatic rings. The number of rotatable bonds is 3. The number of likely N-dealkylation sites (tertiary alicyclic amines) is 1. The van der Waals surface area contributed by atoms with Crippen molar-refractivity contribution in [3.8, 4) is 0 Å². The molecule has 100 valence electrons. The number of hydrogen-bond acceptors (Lipinski definition) is 4. The van der Waals surface area contributed by atoms with Crippen LogP contribution in [0.2, 0.25) is 0 Å². The first-order valence-corrected chi connectivity index (χ1v) is 6.48. The van der Waals surface area contributed by atoms with Gasteiger partial charge < -0.3 is 10.5 Å². The molecule has 1 rings (SSSR count). The summed E-state index contributed by atoms with van der Waals surface area (Å²) in [5.74, 6) is 0.559. The van der Waals surface area contributed by atoms with Gasteiger partial charge in [-0.1, -0.05) is 6.92 Å². The first-order chi connectivity index (χ1) is 7.81. The van der Waals surface area contributed by atoms with Crippen LogP contribution in [0.3, 0.4) is 0 Å². The van der Waals surface area contributed by atoms with Gasteiger partial charge in [-0.15, -0.1) is 0 Å². The number of piperidine rings is 1. The van der Waals surface area contributed by atoms with Gasteiger partial charge in [-0.05, 0) is 46.1 Å². The number of ether oxygens (including phenoxy) is 1. The Morgan fingerprint density at radius 3 is 2.65 bits per heavy atom.